The Morgan fingerprint density at radius 3 is 0.924 bits per heavy atom. The summed E-state index contributed by atoms with van der Waals surface area (Å²) in [5.41, 5.74) is 7.98. The van der Waals surface area contributed by atoms with Gasteiger partial charge in [-0.3, -0.25) is 0 Å². The number of hydrogen-bond donors (Lipinski definition) is 0. The highest BCUT2D eigenvalue weighted by Gasteiger charge is 2.58. The van der Waals surface area contributed by atoms with Crippen LogP contribution in [0.4, 0.5) is 28.6 Å². The smallest absolute Gasteiger partial charge is 0.389 e. The van der Waals surface area contributed by atoms with Crippen molar-refractivity contribution >= 4 is 91.0 Å². The Bertz CT molecular complexity index is 3200. The number of hydrogen-bond acceptors (Lipinski definition) is 4. The van der Waals surface area contributed by atoms with Crippen molar-refractivity contribution in [3.05, 3.63) is 263 Å². The number of fused-ring (bicyclic) bond motifs is 6. The zero-order valence-electron chi connectivity index (χ0n) is 35.2. The van der Waals surface area contributed by atoms with E-state index in [0.717, 1.165) is 42.8 Å². The van der Waals surface area contributed by atoms with Crippen LogP contribution in [0.1, 0.15) is 32.3 Å². The number of thiazole rings is 2. The molecule has 0 N–H and O–H groups in total. The zero-order chi connectivity index (χ0) is 44.8. The molecule has 0 saturated heterocycles. The lowest BCUT2D eigenvalue weighted by Crippen LogP contribution is -2.72. The van der Waals surface area contributed by atoms with E-state index in [2.05, 4.69) is 0 Å². The fourth-order valence-corrected chi connectivity index (χ4v) is 11.8. The second-order valence-corrected chi connectivity index (χ2v) is 18.1. The van der Waals surface area contributed by atoms with Gasteiger partial charge in [-0.2, -0.15) is 0 Å². The summed E-state index contributed by atoms with van der Waals surface area (Å²) in [6.45, 7) is -8.34. The molecule has 4 heterocycles. The molecule has 0 radical (unpaired) electrons. The number of rotatable bonds is 6. The number of anilines is 2. The van der Waals surface area contributed by atoms with Crippen molar-refractivity contribution < 1.29 is 26.2 Å². The molecule has 8 aromatic carbocycles. The molecule has 12 heteroatoms. The second kappa shape index (κ2) is 16.8. The second-order valence-electron chi connectivity index (χ2n) is 16.0. The molecule has 0 unspecified atom stereocenters. The number of aromatic nitrogens is 2. The van der Waals surface area contributed by atoms with Gasteiger partial charge in [-0.15, -0.1) is 0 Å². The molecular formula is C54H38B2F4N4S2. The molecule has 0 atom stereocenters. The third kappa shape index (κ3) is 6.92. The molecule has 0 aliphatic carbocycles. The van der Waals surface area contributed by atoms with Crippen molar-refractivity contribution in [1.82, 2.24) is 0 Å². The van der Waals surface area contributed by atoms with E-state index in [9.17, 15) is 0 Å². The van der Waals surface area contributed by atoms with Crippen LogP contribution < -0.4 is 18.6 Å². The maximum Gasteiger partial charge on any atom is 0.738 e. The van der Waals surface area contributed by atoms with Gasteiger partial charge in [-0.05, 0) is 58.7 Å². The van der Waals surface area contributed by atoms with Crippen LogP contribution >= 0.6 is 22.7 Å². The molecule has 2 aromatic heterocycles. The lowest BCUT2D eigenvalue weighted by molar-refractivity contribution is -0.536. The molecule has 12 rings (SSSR count). The van der Waals surface area contributed by atoms with Crippen LogP contribution in [-0.4, -0.2) is 13.9 Å². The highest BCUT2D eigenvalue weighted by Crippen LogP contribution is 2.47. The van der Waals surface area contributed by atoms with E-state index in [0.29, 0.717) is 43.8 Å². The fraction of sp³-hybridized carbons (Fsp3) is 0. The summed E-state index contributed by atoms with van der Waals surface area (Å²) in [4.78, 5) is 2.48. The highest BCUT2D eigenvalue weighted by atomic mass is 32.1. The molecule has 0 amide bonds. The van der Waals surface area contributed by atoms with Crippen LogP contribution in [0.3, 0.4) is 0 Å². The molecule has 0 bridgehead atoms. The van der Waals surface area contributed by atoms with Gasteiger partial charge in [0.25, 0.3) is 0 Å². The summed E-state index contributed by atoms with van der Waals surface area (Å²) in [5.74, 6) is 0. The van der Waals surface area contributed by atoms with Gasteiger partial charge in [0.05, 0.1) is 20.5 Å². The van der Waals surface area contributed by atoms with E-state index in [1.54, 1.807) is 60.7 Å². The Morgan fingerprint density at radius 1 is 0.318 bits per heavy atom. The Kier molecular flexibility index (Phi) is 10.5. The summed E-state index contributed by atoms with van der Waals surface area (Å²) >= 11 is 2.83. The van der Waals surface area contributed by atoms with Gasteiger partial charge in [0.2, 0.25) is 10.0 Å². The lowest BCUT2D eigenvalue weighted by Gasteiger charge is -2.41. The van der Waals surface area contributed by atoms with Crippen LogP contribution in [0.5, 0.6) is 0 Å². The van der Waals surface area contributed by atoms with Crippen molar-refractivity contribution in [3.8, 4) is 0 Å². The molecule has 0 spiro atoms. The van der Waals surface area contributed by atoms with Crippen LogP contribution in [0.15, 0.2) is 231 Å². The van der Waals surface area contributed by atoms with Gasteiger partial charge >= 0.3 is 13.9 Å². The van der Waals surface area contributed by atoms with Crippen molar-refractivity contribution in [2.24, 2.45) is 0 Å². The summed E-state index contributed by atoms with van der Waals surface area (Å²) in [7, 11) is 0. The topological polar surface area (TPSA) is 14.2 Å². The number of halogens is 4. The first-order valence-electron chi connectivity index (χ1n) is 21.6. The molecule has 2 aliphatic heterocycles. The number of para-hydroxylation sites is 4. The molecule has 4 nitrogen and oxygen atoms in total. The van der Waals surface area contributed by atoms with E-state index >= 15 is 17.3 Å². The van der Waals surface area contributed by atoms with Gasteiger partial charge in [-0.25, -0.2) is 0 Å². The van der Waals surface area contributed by atoms with Gasteiger partial charge in [0.1, 0.15) is 0 Å². The van der Waals surface area contributed by atoms with Crippen LogP contribution in [0.2, 0.25) is 0 Å². The van der Waals surface area contributed by atoms with Gasteiger partial charge in [-0.1, -0.05) is 205 Å². The summed E-state index contributed by atoms with van der Waals surface area (Å²) in [6, 6.07) is 71.4. The molecule has 10 aromatic rings. The molecule has 2 aliphatic rings. The van der Waals surface area contributed by atoms with Crippen LogP contribution in [0, 0.1) is 0 Å². The van der Waals surface area contributed by atoms with Gasteiger partial charge in [0.15, 0.2) is 11.0 Å². The van der Waals surface area contributed by atoms with Gasteiger partial charge in [0, 0.05) is 34.9 Å². The maximum atomic E-state index is 16.7. The number of nitrogens with zero attached hydrogens (tertiary/aromatic N) is 4. The zero-order valence-corrected chi connectivity index (χ0v) is 36.8. The minimum atomic E-state index is -4.17. The first-order valence-corrected chi connectivity index (χ1v) is 23.3. The molecule has 0 fully saturated rings. The average molecular weight is 905 g/mol. The average Bonchev–Trinajstić information content (AvgIpc) is 3.96. The summed E-state index contributed by atoms with van der Waals surface area (Å²) in [5, 5.41) is 1.14. The normalized spacial score (nSPS) is 15.0. The predicted octanol–water partition coefficient (Wildman–Crippen LogP) is 13.7. The van der Waals surface area contributed by atoms with E-state index in [1.165, 1.54) is 41.3 Å². The van der Waals surface area contributed by atoms with E-state index < -0.39 is 13.9 Å². The van der Waals surface area contributed by atoms with E-state index in [4.69, 9.17) is 0 Å². The van der Waals surface area contributed by atoms with Crippen molar-refractivity contribution in [1.29, 1.82) is 0 Å². The maximum absolute atomic E-state index is 16.7. The predicted molar refractivity (Wildman–Crippen MR) is 266 cm³/mol. The first-order chi connectivity index (χ1) is 32.3. The van der Waals surface area contributed by atoms with Crippen LogP contribution in [-0.2, 0) is 0 Å². The first kappa shape index (κ1) is 41.2. The Labute approximate surface area is 387 Å². The van der Waals surface area contributed by atoms with Crippen molar-refractivity contribution in [3.63, 3.8) is 0 Å². The lowest BCUT2D eigenvalue weighted by atomic mass is 9.82. The van der Waals surface area contributed by atoms with Crippen molar-refractivity contribution in [2.45, 2.75) is 0 Å². The SMILES string of the molecule is F[B-]1(F)N(c2ccccc2)C(c2ccccc2)=C(c2ccccc2)c2sc3ccccc3[n+]21.F[B-]1(F)N(c2ccccc2)C(c2ccccc2)=C(c2ccccc2)c2sc3ccccc3[n+]21. The molecule has 66 heavy (non-hydrogen) atoms. The number of benzene rings is 8. The Balaban J connectivity index is 0.000000146. The fourth-order valence-electron chi connectivity index (χ4n) is 9.24. The minimum Gasteiger partial charge on any atom is -0.389 e. The molecule has 0 saturated carbocycles. The van der Waals surface area contributed by atoms with E-state index in [-0.39, 0.29) is 0 Å². The summed E-state index contributed by atoms with van der Waals surface area (Å²) in [6.07, 6.45) is 0. The van der Waals surface area contributed by atoms with Gasteiger partial charge < -0.3 is 35.8 Å². The highest BCUT2D eigenvalue weighted by molar-refractivity contribution is 7.20. The monoisotopic (exact) mass is 904 g/mol. The van der Waals surface area contributed by atoms with Crippen LogP contribution in [0.25, 0.3) is 43.0 Å². The Morgan fingerprint density at radius 2 is 0.591 bits per heavy atom. The third-order valence-electron chi connectivity index (χ3n) is 12.0. The standard InChI is InChI=1S/2C27H19BF2N2S/c2*29-28(30)31(22-16-8-3-9-17-22)26(21-14-6-2-7-15-21)25(20-12-4-1-5-13-20)27-32(28)23-18-10-11-19-24(23)33-27/h2*1-19H. The Hall–Kier alpha value is -7.53. The third-order valence-corrected chi connectivity index (χ3v) is 14.3. The minimum absolute atomic E-state index is 0.461. The molecule has 320 valence electrons. The molecular weight excluding hydrogens is 866 g/mol. The summed E-state index contributed by atoms with van der Waals surface area (Å²) < 4.78 is 70.8. The van der Waals surface area contributed by atoms with E-state index in [1.807, 2.05) is 170 Å². The van der Waals surface area contributed by atoms with Crippen molar-refractivity contribution in [2.75, 3.05) is 9.62 Å². The quantitative estimate of drug-likeness (QED) is 0.122. The largest absolute Gasteiger partial charge is 0.738 e.